The van der Waals surface area contributed by atoms with Gasteiger partial charge in [-0.25, -0.2) is 13.2 Å². The molecule has 3 aromatic rings. The predicted molar refractivity (Wildman–Crippen MR) is 81.9 cm³/mol. The Balaban J connectivity index is 1.82. The monoisotopic (exact) mass is 384 g/mol. The van der Waals surface area contributed by atoms with E-state index in [2.05, 4.69) is 15.2 Å². The zero-order chi connectivity index (χ0) is 18.4. The van der Waals surface area contributed by atoms with Gasteiger partial charge < -0.3 is 0 Å². The third-order valence-electron chi connectivity index (χ3n) is 3.84. The molecule has 0 atom stereocenters. The zero-order valence-electron chi connectivity index (χ0n) is 12.9. The van der Waals surface area contributed by atoms with Gasteiger partial charge >= 0.3 is 0 Å². The fourth-order valence-electron chi connectivity index (χ4n) is 2.48. The first-order valence-corrected chi connectivity index (χ1v) is 8.36. The minimum Gasteiger partial charge on any atom is -0.299 e. The molecule has 26 heavy (non-hydrogen) atoms. The maximum absolute atomic E-state index is 14.1. The van der Waals surface area contributed by atoms with Crippen molar-refractivity contribution in [2.75, 3.05) is 0 Å². The third-order valence-corrected chi connectivity index (χ3v) is 4.87. The van der Waals surface area contributed by atoms with Crippen LogP contribution in [-0.2, 0) is 0 Å². The Morgan fingerprint density at radius 2 is 1.58 bits per heavy atom. The maximum Gasteiger partial charge on any atom is 0.252 e. The molecular formula is C16H9F5N4S. The molecule has 1 fully saturated rings. The fourth-order valence-corrected chi connectivity index (χ4v) is 3.43. The van der Waals surface area contributed by atoms with Crippen LogP contribution in [0, 0.1) is 29.3 Å². The molecule has 4 nitrogen and oxygen atoms in total. The van der Waals surface area contributed by atoms with Crippen LogP contribution < -0.4 is 0 Å². The van der Waals surface area contributed by atoms with Gasteiger partial charge in [-0.05, 0) is 36.7 Å². The van der Waals surface area contributed by atoms with Crippen molar-refractivity contribution in [3.8, 4) is 11.4 Å². The average molecular weight is 384 g/mol. The topological polar surface area (TPSA) is 43.6 Å². The highest BCUT2D eigenvalue weighted by atomic mass is 32.2. The summed E-state index contributed by atoms with van der Waals surface area (Å²) in [5, 5.41) is 7.76. The van der Waals surface area contributed by atoms with Crippen LogP contribution in [0.3, 0.4) is 0 Å². The molecule has 0 unspecified atom stereocenters. The lowest BCUT2D eigenvalue weighted by atomic mass is 10.2. The number of nitrogens with zero attached hydrogens (tertiary/aromatic N) is 4. The summed E-state index contributed by atoms with van der Waals surface area (Å²) in [6, 6.07) is 5.80. The summed E-state index contributed by atoms with van der Waals surface area (Å²) in [6.07, 6.45) is 1.49. The highest BCUT2D eigenvalue weighted by molar-refractivity contribution is 7.99. The van der Waals surface area contributed by atoms with E-state index < -0.39 is 34.2 Å². The molecule has 10 heteroatoms. The lowest BCUT2D eigenvalue weighted by Crippen LogP contribution is -2.04. The van der Waals surface area contributed by atoms with Crippen LogP contribution in [0.15, 0.2) is 34.3 Å². The Morgan fingerprint density at radius 3 is 2.19 bits per heavy atom. The molecule has 0 spiro atoms. The van der Waals surface area contributed by atoms with Crippen molar-refractivity contribution < 1.29 is 22.0 Å². The smallest absolute Gasteiger partial charge is 0.252 e. The molecular weight excluding hydrogens is 375 g/mol. The summed E-state index contributed by atoms with van der Waals surface area (Å²) in [5.41, 5.74) is 0.173. The number of hydrogen-bond donors (Lipinski definition) is 0. The molecule has 134 valence electrons. The van der Waals surface area contributed by atoms with Gasteiger partial charge in [-0.15, -0.1) is 10.2 Å². The van der Waals surface area contributed by atoms with E-state index in [1.807, 2.05) is 0 Å². The van der Waals surface area contributed by atoms with Crippen molar-refractivity contribution in [3.63, 3.8) is 0 Å². The Morgan fingerprint density at radius 1 is 0.923 bits per heavy atom. The van der Waals surface area contributed by atoms with Gasteiger partial charge in [-0.3, -0.25) is 4.57 Å². The van der Waals surface area contributed by atoms with E-state index in [1.54, 1.807) is 6.07 Å². The molecule has 0 radical (unpaired) electrons. The van der Waals surface area contributed by atoms with Gasteiger partial charge in [0.15, 0.2) is 22.6 Å². The van der Waals surface area contributed by atoms with E-state index in [0.29, 0.717) is 11.8 Å². The van der Waals surface area contributed by atoms with Crippen molar-refractivity contribution in [1.82, 2.24) is 19.7 Å². The Hall–Kier alpha value is -2.49. The maximum atomic E-state index is 14.1. The Bertz CT molecular complexity index is 976. The summed E-state index contributed by atoms with van der Waals surface area (Å²) in [4.78, 5) is 1.61. The minimum absolute atomic E-state index is 0.00792. The van der Waals surface area contributed by atoms with Gasteiger partial charge in [0, 0.05) is 6.04 Å². The van der Waals surface area contributed by atoms with Gasteiger partial charge in [-0.1, -0.05) is 12.1 Å². The number of pyridine rings is 1. The lowest BCUT2D eigenvalue weighted by Gasteiger charge is -2.10. The second-order valence-electron chi connectivity index (χ2n) is 5.64. The van der Waals surface area contributed by atoms with Gasteiger partial charge in [0.1, 0.15) is 5.82 Å². The normalized spacial score (nSPS) is 14.0. The summed E-state index contributed by atoms with van der Waals surface area (Å²) >= 11 is 0.382. The molecule has 4 rings (SSSR count). The number of benzene rings is 1. The zero-order valence-corrected chi connectivity index (χ0v) is 13.7. The van der Waals surface area contributed by atoms with Crippen LogP contribution in [0.2, 0.25) is 0 Å². The van der Waals surface area contributed by atoms with Crippen LogP contribution in [0.25, 0.3) is 11.4 Å². The molecule has 1 aliphatic rings. The third kappa shape index (κ3) is 2.83. The molecule has 1 saturated carbocycles. The summed E-state index contributed by atoms with van der Waals surface area (Å²) in [6.45, 7) is 0. The first kappa shape index (κ1) is 17.0. The highest BCUT2D eigenvalue weighted by Gasteiger charge is 2.32. The van der Waals surface area contributed by atoms with Crippen LogP contribution in [0.4, 0.5) is 22.0 Å². The van der Waals surface area contributed by atoms with Crippen LogP contribution >= 0.6 is 11.8 Å². The fraction of sp³-hybridized carbons (Fsp3) is 0.188. The van der Waals surface area contributed by atoms with E-state index in [4.69, 9.17) is 0 Å². The van der Waals surface area contributed by atoms with Gasteiger partial charge in [0.05, 0.1) is 10.5 Å². The average Bonchev–Trinajstić information content (AvgIpc) is 3.38. The van der Waals surface area contributed by atoms with Crippen LogP contribution in [-0.4, -0.2) is 19.7 Å². The summed E-state index contributed by atoms with van der Waals surface area (Å²) < 4.78 is 70.0. The van der Waals surface area contributed by atoms with Gasteiger partial charge in [-0.2, -0.15) is 13.8 Å². The predicted octanol–water partition coefficient (Wildman–Crippen LogP) is 4.52. The second-order valence-corrected chi connectivity index (χ2v) is 6.62. The van der Waals surface area contributed by atoms with Crippen LogP contribution in [0.5, 0.6) is 0 Å². The SMILES string of the molecule is Fc1ccccc1-c1nnc(Sc2c(F)c(F)nc(F)c2F)n1C1CC1. The van der Waals surface area contributed by atoms with Crippen LogP contribution in [0.1, 0.15) is 18.9 Å². The summed E-state index contributed by atoms with van der Waals surface area (Å²) in [5.74, 6) is -7.09. The largest absolute Gasteiger partial charge is 0.299 e. The summed E-state index contributed by atoms with van der Waals surface area (Å²) in [7, 11) is 0. The van der Waals surface area contributed by atoms with E-state index in [9.17, 15) is 22.0 Å². The van der Waals surface area contributed by atoms with Crippen molar-refractivity contribution in [2.24, 2.45) is 0 Å². The first-order chi connectivity index (χ1) is 12.5. The number of rotatable bonds is 4. The molecule has 0 bridgehead atoms. The van der Waals surface area contributed by atoms with Crippen molar-refractivity contribution in [2.45, 2.75) is 28.9 Å². The number of halogens is 5. The van der Waals surface area contributed by atoms with Crippen molar-refractivity contribution >= 4 is 11.8 Å². The molecule has 2 heterocycles. The highest BCUT2D eigenvalue weighted by Crippen LogP contribution is 2.43. The lowest BCUT2D eigenvalue weighted by molar-refractivity contribution is 0.383. The van der Waals surface area contributed by atoms with E-state index in [-0.39, 0.29) is 22.6 Å². The first-order valence-electron chi connectivity index (χ1n) is 7.55. The molecule has 0 saturated heterocycles. The molecule has 1 aliphatic carbocycles. The second kappa shape index (κ2) is 6.35. The van der Waals surface area contributed by atoms with E-state index in [0.717, 1.165) is 12.8 Å². The quantitative estimate of drug-likeness (QED) is 0.490. The Labute approximate surface area is 148 Å². The minimum atomic E-state index is -1.75. The van der Waals surface area contributed by atoms with E-state index in [1.165, 1.54) is 22.8 Å². The number of hydrogen-bond acceptors (Lipinski definition) is 4. The molecule has 0 aliphatic heterocycles. The van der Waals surface area contributed by atoms with E-state index >= 15 is 0 Å². The van der Waals surface area contributed by atoms with Crippen molar-refractivity contribution in [3.05, 3.63) is 53.6 Å². The standard InChI is InChI=1S/C16H9F5N4S/c17-9-4-2-1-3-8(9)15-23-24-16(25(15)7-5-6-7)26-12-10(18)13(20)22-14(21)11(12)19/h1-4,7H,5-6H2. The number of aromatic nitrogens is 4. The molecule has 2 aromatic heterocycles. The molecule has 0 N–H and O–H groups in total. The Kier molecular flexibility index (Phi) is 4.14. The van der Waals surface area contributed by atoms with Crippen molar-refractivity contribution in [1.29, 1.82) is 0 Å². The van der Waals surface area contributed by atoms with Gasteiger partial charge in [0.2, 0.25) is 0 Å². The molecule has 1 aromatic carbocycles. The van der Waals surface area contributed by atoms with Gasteiger partial charge in [0.25, 0.3) is 11.9 Å². The molecule has 0 amide bonds.